The number of carbonyl (C=O) groups is 1. The number of halogens is 2. The summed E-state index contributed by atoms with van der Waals surface area (Å²) in [6.45, 7) is 3.64. The van der Waals surface area contributed by atoms with Gasteiger partial charge in [-0.15, -0.1) is 0 Å². The summed E-state index contributed by atoms with van der Waals surface area (Å²) < 4.78 is 32.2. The van der Waals surface area contributed by atoms with E-state index in [9.17, 15) is 13.6 Å². The predicted molar refractivity (Wildman–Crippen MR) is 65.4 cm³/mol. The number of ketones is 1. The summed E-state index contributed by atoms with van der Waals surface area (Å²) >= 11 is 0. The molecule has 0 bridgehead atoms. The standard InChI is InChI=1S/C14H18F2O2/c1-4-14(5-2,18-3)13(17)9-10-11(15)7-6-8-12(10)16/h6-8H,4-5,9H2,1-3H3. The lowest BCUT2D eigenvalue weighted by Gasteiger charge is -2.28. The number of carbonyl (C=O) groups excluding carboxylic acids is 1. The van der Waals surface area contributed by atoms with Crippen molar-refractivity contribution in [2.75, 3.05) is 7.11 Å². The molecule has 0 saturated heterocycles. The van der Waals surface area contributed by atoms with Crippen molar-refractivity contribution in [3.8, 4) is 0 Å². The van der Waals surface area contributed by atoms with Crippen LogP contribution in [0.4, 0.5) is 8.78 Å². The summed E-state index contributed by atoms with van der Waals surface area (Å²) in [5.41, 5.74) is -1.14. The van der Waals surface area contributed by atoms with Crippen molar-refractivity contribution in [1.82, 2.24) is 0 Å². The molecule has 0 radical (unpaired) electrons. The number of methoxy groups -OCH3 is 1. The number of Topliss-reactive ketones (excluding diaryl/α,β-unsaturated/α-hetero) is 1. The van der Waals surface area contributed by atoms with Crippen LogP contribution in [0.15, 0.2) is 18.2 Å². The molecule has 2 nitrogen and oxygen atoms in total. The number of rotatable bonds is 6. The fourth-order valence-corrected chi connectivity index (χ4v) is 2.07. The second-order valence-corrected chi connectivity index (χ2v) is 4.21. The lowest BCUT2D eigenvalue weighted by Crippen LogP contribution is -2.40. The first-order valence-corrected chi connectivity index (χ1v) is 6.02. The van der Waals surface area contributed by atoms with Gasteiger partial charge >= 0.3 is 0 Å². The molecule has 0 heterocycles. The Labute approximate surface area is 106 Å². The van der Waals surface area contributed by atoms with Crippen molar-refractivity contribution in [1.29, 1.82) is 0 Å². The monoisotopic (exact) mass is 256 g/mol. The first-order chi connectivity index (χ1) is 8.50. The van der Waals surface area contributed by atoms with Crippen LogP contribution in [0.1, 0.15) is 32.3 Å². The Bertz CT molecular complexity index is 397. The van der Waals surface area contributed by atoms with E-state index in [2.05, 4.69) is 0 Å². The molecule has 1 aromatic rings. The highest BCUT2D eigenvalue weighted by Crippen LogP contribution is 2.24. The Hall–Kier alpha value is -1.29. The molecule has 0 amide bonds. The molecular weight excluding hydrogens is 238 g/mol. The van der Waals surface area contributed by atoms with Crippen LogP contribution in [0, 0.1) is 11.6 Å². The normalized spacial score (nSPS) is 11.6. The largest absolute Gasteiger partial charge is 0.370 e. The molecule has 0 aliphatic carbocycles. The van der Waals surface area contributed by atoms with E-state index in [1.54, 1.807) is 0 Å². The van der Waals surface area contributed by atoms with Gasteiger partial charge in [0.05, 0.1) is 0 Å². The van der Waals surface area contributed by atoms with Gasteiger partial charge in [-0.1, -0.05) is 19.9 Å². The van der Waals surface area contributed by atoms with Crippen molar-refractivity contribution in [3.05, 3.63) is 35.4 Å². The van der Waals surface area contributed by atoms with E-state index in [1.165, 1.54) is 13.2 Å². The van der Waals surface area contributed by atoms with E-state index in [0.717, 1.165) is 12.1 Å². The summed E-state index contributed by atoms with van der Waals surface area (Å²) in [4.78, 5) is 12.2. The van der Waals surface area contributed by atoms with Crippen LogP contribution in [-0.4, -0.2) is 18.5 Å². The molecule has 0 N–H and O–H groups in total. The minimum atomic E-state index is -0.950. The molecule has 0 unspecified atom stereocenters. The van der Waals surface area contributed by atoms with Crippen LogP contribution >= 0.6 is 0 Å². The molecule has 0 saturated carbocycles. The Kier molecular flexibility index (Phi) is 4.96. The number of ether oxygens (including phenoxy) is 1. The average molecular weight is 256 g/mol. The zero-order valence-electron chi connectivity index (χ0n) is 10.9. The summed E-state index contributed by atoms with van der Waals surface area (Å²) in [5, 5.41) is 0. The van der Waals surface area contributed by atoms with E-state index in [1.807, 2.05) is 13.8 Å². The third-order valence-corrected chi connectivity index (χ3v) is 3.44. The Balaban J connectivity index is 3.00. The van der Waals surface area contributed by atoms with Crippen molar-refractivity contribution >= 4 is 5.78 Å². The highest BCUT2D eigenvalue weighted by molar-refractivity contribution is 5.89. The first kappa shape index (κ1) is 14.8. The highest BCUT2D eigenvalue weighted by atomic mass is 19.1. The van der Waals surface area contributed by atoms with Crippen LogP contribution in [0.3, 0.4) is 0 Å². The molecule has 1 aromatic carbocycles. The fourth-order valence-electron chi connectivity index (χ4n) is 2.07. The van der Waals surface area contributed by atoms with E-state index < -0.39 is 17.2 Å². The van der Waals surface area contributed by atoms with Gasteiger partial charge in [-0.2, -0.15) is 0 Å². The lowest BCUT2D eigenvalue weighted by molar-refractivity contribution is -0.141. The molecule has 0 aromatic heterocycles. The maximum atomic E-state index is 13.5. The van der Waals surface area contributed by atoms with E-state index in [4.69, 9.17) is 4.74 Å². The van der Waals surface area contributed by atoms with Gasteiger partial charge in [0.15, 0.2) is 5.78 Å². The van der Waals surface area contributed by atoms with Crippen LogP contribution in [-0.2, 0) is 16.0 Å². The molecule has 0 spiro atoms. The van der Waals surface area contributed by atoms with Gasteiger partial charge in [0.25, 0.3) is 0 Å². The molecule has 1 rings (SSSR count). The summed E-state index contributed by atoms with van der Waals surface area (Å²) in [6.07, 6.45) is 0.678. The molecule has 4 heteroatoms. The second-order valence-electron chi connectivity index (χ2n) is 4.21. The minimum absolute atomic E-state index is 0.189. The molecule has 100 valence electrons. The fraction of sp³-hybridized carbons (Fsp3) is 0.500. The zero-order valence-corrected chi connectivity index (χ0v) is 10.9. The highest BCUT2D eigenvalue weighted by Gasteiger charge is 2.35. The van der Waals surface area contributed by atoms with Crippen molar-refractivity contribution in [2.24, 2.45) is 0 Å². The topological polar surface area (TPSA) is 26.3 Å². The van der Waals surface area contributed by atoms with Crippen LogP contribution in [0.25, 0.3) is 0 Å². The van der Waals surface area contributed by atoms with Gasteiger partial charge in [0.1, 0.15) is 17.2 Å². The maximum absolute atomic E-state index is 13.5. The number of hydrogen-bond acceptors (Lipinski definition) is 2. The summed E-state index contributed by atoms with van der Waals surface area (Å²) in [6, 6.07) is 3.58. The number of benzene rings is 1. The molecule has 0 fully saturated rings. The Morgan fingerprint density at radius 3 is 2.11 bits per heavy atom. The third-order valence-electron chi connectivity index (χ3n) is 3.44. The first-order valence-electron chi connectivity index (χ1n) is 6.02. The Morgan fingerprint density at radius 1 is 1.22 bits per heavy atom. The summed E-state index contributed by atoms with van der Waals surface area (Å²) in [5.74, 6) is -1.68. The van der Waals surface area contributed by atoms with Crippen LogP contribution in [0.2, 0.25) is 0 Å². The predicted octanol–water partition coefficient (Wildman–Crippen LogP) is 3.28. The van der Waals surface area contributed by atoms with Gasteiger partial charge < -0.3 is 4.74 Å². The van der Waals surface area contributed by atoms with Gasteiger partial charge in [-0.3, -0.25) is 4.79 Å². The molecule has 18 heavy (non-hydrogen) atoms. The molecule has 0 atom stereocenters. The van der Waals surface area contributed by atoms with Crippen molar-refractivity contribution in [2.45, 2.75) is 38.7 Å². The summed E-state index contributed by atoms with van der Waals surface area (Å²) in [7, 11) is 1.45. The maximum Gasteiger partial charge on any atom is 0.169 e. The average Bonchev–Trinajstić information content (AvgIpc) is 2.37. The van der Waals surface area contributed by atoms with Gasteiger partial charge in [-0.05, 0) is 25.0 Å². The van der Waals surface area contributed by atoms with Crippen LogP contribution in [0.5, 0.6) is 0 Å². The van der Waals surface area contributed by atoms with Crippen LogP contribution < -0.4 is 0 Å². The lowest BCUT2D eigenvalue weighted by atomic mass is 9.88. The minimum Gasteiger partial charge on any atom is -0.370 e. The van der Waals surface area contributed by atoms with Gasteiger partial charge in [0, 0.05) is 19.1 Å². The SMILES string of the molecule is CCC(CC)(OC)C(=O)Cc1c(F)cccc1F. The van der Waals surface area contributed by atoms with Crippen molar-refractivity contribution < 1.29 is 18.3 Å². The van der Waals surface area contributed by atoms with E-state index >= 15 is 0 Å². The molecular formula is C14H18F2O2. The zero-order chi connectivity index (χ0) is 13.8. The van der Waals surface area contributed by atoms with Crippen molar-refractivity contribution in [3.63, 3.8) is 0 Å². The quantitative estimate of drug-likeness (QED) is 0.780. The number of hydrogen-bond donors (Lipinski definition) is 0. The van der Waals surface area contributed by atoms with Gasteiger partial charge in [0.2, 0.25) is 0 Å². The molecule has 0 aliphatic rings. The van der Waals surface area contributed by atoms with E-state index in [-0.39, 0.29) is 17.8 Å². The smallest absolute Gasteiger partial charge is 0.169 e. The molecule has 0 aliphatic heterocycles. The third kappa shape index (κ3) is 2.75. The Morgan fingerprint density at radius 2 is 1.72 bits per heavy atom. The van der Waals surface area contributed by atoms with Gasteiger partial charge in [-0.25, -0.2) is 8.78 Å². The second kappa shape index (κ2) is 6.05. The van der Waals surface area contributed by atoms with E-state index in [0.29, 0.717) is 12.8 Å².